The van der Waals surface area contributed by atoms with Crippen molar-refractivity contribution in [3.63, 3.8) is 0 Å². The van der Waals surface area contributed by atoms with Gasteiger partial charge in [0, 0.05) is 27.8 Å². The van der Waals surface area contributed by atoms with Crippen LogP contribution in [0.4, 0.5) is 5.69 Å². The second-order valence-corrected chi connectivity index (χ2v) is 8.78. The van der Waals surface area contributed by atoms with Crippen LogP contribution in [0.2, 0.25) is 0 Å². The number of carbonyl (C=O) groups excluding carboxylic acids is 2. The molecule has 0 saturated heterocycles. The summed E-state index contributed by atoms with van der Waals surface area (Å²) in [6.07, 6.45) is 0.167. The van der Waals surface area contributed by atoms with Crippen LogP contribution < -0.4 is 5.32 Å². The number of pyridine rings is 1. The molecule has 5 nitrogen and oxygen atoms in total. The van der Waals surface area contributed by atoms with Crippen LogP contribution in [0.25, 0.3) is 0 Å². The summed E-state index contributed by atoms with van der Waals surface area (Å²) < 4.78 is 0.905. The normalized spacial score (nSPS) is 10.4. The number of hydrogen-bond donors (Lipinski definition) is 1. The van der Waals surface area contributed by atoms with Gasteiger partial charge < -0.3 is 5.32 Å². The van der Waals surface area contributed by atoms with Crippen LogP contribution in [0.15, 0.2) is 64.1 Å². The van der Waals surface area contributed by atoms with E-state index in [2.05, 4.69) is 32.3 Å². The summed E-state index contributed by atoms with van der Waals surface area (Å²) in [5.74, 6) is -0.0779. The van der Waals surface area contributed by atoms with Gasteiger partial charge in [0.15, 0.2) is 5.78 Å². The summed E-state index contributed by atoms with van der Waals surface area (Å²) >= 11 is 4.58. The third-order valence-corrected chi connectivity index (χ3v) is 6.26. The number of nitrogens with one attached hydrogen (secondary N) is 1. The first-order valence-corrected chi connectivity index (χ1v) is 11.3. The van der Waals surface area contributed by atoms with E-state index in [1.807, 2.05) is 56.3 Å². The molecule has 0 fully saturated rings. The Morgan fingerprint density at radius 2 is 1.77 bits per heavy atom. The van der Waals surface area contributed by atoms with Crippen molar-refractivity contribution in [2.24, 2.45) is 0 Å². The lowest BCUT2D eigenvalue weighted by Gasteiger charge is -2.14. The molecule has 3 rings (SSSR count). The van der Waals surface area contributed by atoms with E-state index in [-0.39, 0.29) is 23.9 Å². The first-order chi connectivity index (χ1) is 14.9. The van der Waals surface area contributed by atoms with Gasteiger partial charge in [-0.2, -0.15) is 5.26 Å². The molecule has 31 heavy (non-hydrogen) atoms. The van der Waals surface area contributed by atoms with Crippen molar-refractivity contribution in [1.29, 1.82) is 5.26 Å². The van der Waals surface area contributed by atoms with Crippen LogP contribution in [0.3, 0.4) is 0 Å². The summed E-state index contributed by atoms with van der Waals surface area (Å²) in [5.41, 5.74) is 3.90. The van der Waals surface area contributed by atoms with Gasteiger partial charge in [-0.15, -0.1) is 0 Å². The van der Waals surface area contributed by atoms with E-state index in [1.54, 1.807) is 12.1 Å². The van der Waals surface area contributed by atoms with Gasteiger partial charge in [-0.25, -0.2) is 4.98 Å². The maximum atomic E-state index is 12.7. The summed E-state index contributed by atoms with van der Waals surface area (Å²) in [6, 6.07) is 18.6. The SMILES string of the molecule is Cc1nc(SCC(=O)Nc2ccccc2)c(C#N)c(C)c1CC(=O)c1ccc(Br)cc1. The zero-order valence-electron chi connectivity index (χ0n) is 17.1. The summed E-state index contributed by atoms with van der Waals surface area (Å²) in [7, 11) is 0. The molecule has 2 aromatic carbocycles. The number of carbonyl (C=O) groups is 2. The van der Waals surface area contributed by atoms with Gasteiger partial charge in [-0.3, -0.25) is 9.59 Å². The van der Waals surface area contributed by atoms with Crippen molar-refractivity contribution >= 4 is 45.1 Å². The van der Waals surface area contributed by atoms with Crippen LogP contribution in [0.5, 0.6) is 0 Å². The Hall–Kier alpha value is -2.95. The lowest BCUT2D eigenvalue weighted by molar-refractivity contribution is -0.113. The number of hydrogen-bond acceptors (Lipinski definition) is 5. The molecule has 3 aromatic rings. The van der Waals surface area contributed by atoms with Gasteiger partial charge in [-0.1, -0.05) is 58.0 Å². The van der Waals surface area contributed by atoms with Crippen LogP contribution in [0.1, 0.15) is 32.7 Å². The average Bonchev–Trinajstić information content (AvgIpc) is 2.76. The minimum absolute atomic E-state index is 0.0352. The second kappa shape index (κ2) is 10.4. The molecule has 156 valence electrons. The lowest BCUT2D eigenvalue weighted by atomic mass is 9.96. The van der Waals surface area contributed by atoms with E-state index in [9.17, 15) is 14.9 Å². The molecule has 1 aromatic heterocycles. The van der Waals surface area contributed by atoms with E-state index < -0.39 is 0 Å². The molecule has 0 saturated carbocycles. The molecule has 0 aliphatic rings. The number of ketones is 1. The smallest absolute Gasteiger partial charge is 0.234 e. The minimum Gasteiger partial charge on any atom is -0.325 e. The van der Waals surface area contributed by atoms with Crippen LogP contribution >= 0.6 is 27.7 Å². The number of halogens is 1. The minimum atomic E-state index is -0.174. The molecule has 1 N–H and O–H groups in total. The number of aromatic nitrogens is 1. The van der Waals surface area contributed by atoms with Crippen molar-refractivity contribution in [3.8, 4) is 6.07 Å². The van der Waals surface area contributed by atoms with Crippen LogP contribution in [0, 0.1) is 25.2 Å². The second-order valence-electron chi connectivity index (χ2n) is 6.90. The first kappa shape index (κ1) is 22.7. The maximum Gasteiger partial charge on any atom is 0.234 e. The van der Waals surface area contributed by atoms with E-state index in [0.29, 0.717) is 21.8 Å². The fraction of sp³-hybridized carbons (Fsp3) is 0.167. The van der Waals surface area contributed by atoms with Gasteiger partial charge in [0.2, 0.25) is 5.91 Å². The first-order valence-electron chi connectivity index (χ1n) is 9.55. The number of rotatable bonds is 7. The molecule has 0 unspecified atom stereocenters. The van der Waals surface area contributed by atoms with Crippen molar-refractivity contribution in [1.82, 2.24) is 4.98 Å². The molecule has 1 amide bonds. The Bertz CT molecular complexity index is 1160. The highest BCUT2D eigenvalue weighted by Crippen LogP contribution is 2.28. The summed E-state index contributed by atoms with van der Waals surface area (Å²) in [6.45, 7) is 3.65. The van der Waals surface area contributed by atoms with Gasteiger partial charge in [-0.05, 0) is 49.2 Å². The molecule has 0 atom stereocenters. The third kappa shape index (κ3) is 5.81. The number of thioether (sulfide) groups is 1. The van der Waals surface area contributed by atoms with E-state index in [0.717, 1.165) is 21.3 Å². The lowest BCUT2D eigenvalue weighted by Crippen LogP contribution is -2.15. The highest BCUT2D eigenvalue weighted by atomic mass is 79.9. The number of amides is 1. The molecule has 0 spiro atoms. The fourth-order valence-electron chi connectivity index (χ4n) is 3.11. The fourth-order valence-corrected chi connectivity index (χ4v) is 4.25. The highest BCUT2D eigenvalue weighted by Gasteiger charge is 2.19. The van der Waals surface area contributed by atoms with Crippen molar-refractivity contribution in [2.45, 2.75) is 25.3 Å². The molecule has 0 aliphatic heterocycles. The van der Waals surface area contributed by atoms with Gasteiger partial charge in [0.05, 0.1) is 11.3 Å². The number of anilines is 1. The third-order valence-electron chi connectivity index (χ3n) is 4.76. The van der Waals surface area contributed by atoms with Crippen molar-refractivity contribution in [3.05, 3.63) is 87.0 Å². The molecule has 0 bridgehead atoms. The van der Waals surface area contributed by atoms with Gasteiger partial charge in [0.1, 0.15) is 11.1 Å². The monoisotopic (exact) mass is 493 g/mol. The maximum absolute atomic E-state index is 12.7. The van der Waals surface area contributed by atoms with E-state index in [4.69, 9.17) is 0 Å². The number of nitrogens with zero attached hydrogens (tertiary/aromatic N) is 2. The molecular formula is C24H20BrN3O2S. The number of nitriles is 1. The van der Waals surface area contributed by atoms with Crippen LogP contribution in [-0.4, -0.2) is 22.4 Å². The topological polar surface area (TPSA) is 82.8 Å². The zero-order valence-corrected chi connectivity index (χ0v) is 19.5. The Morgan fingerprint density at radius 1 is 1.10 bits per heavy atom. The number of para-hydroxylation sites is 1. The summed E-state index contributed by atoms with van der Waals surface area (Å²) in [5, 5.41) is 13.0. The number of Topliss-reactive ketones (excluding diaryl/α,β-unsaturated/α-hetero) is 1. The highest BCUT2D eigenvalue weighted by molar-refractivity contribution is 9.10. The molecule has 0 aliphatic carbocycles. The van der Waals surface area contributed by atoms with E-state index in [1.165, 1.54) is 11.8 Å². The Kier molecular flexibility index (Phi) is 7.61. The number of benzene rings is 2. The predicted molar refractivity (Wildman–Crippen MR) is 126 cm³/mol. The largest absolute Gasteiger partial charge is 0.325 e. The molecule has 7 heteroatoms. The van der Waals surface area contributed by atoms with Gasteiger partial charge >= 0.3 is 0 Å². The molecule has 1 heterocycles. The Morgan fingerprint density at radius 3 is 2.42 bits per heavy atom. The Labute approximate surface area is 194 Å². The predicted octanol–water partition coefficient (Wildman–Crippen LogP) is 5.49. The molecular weight excluding hydrogens is 474 g/mol. The van der Waals surface area contributed by atoms with Gasteiger partial charge in [0.25, 0.3) is 0 Å². The van der Waals surface area contributed by atoms with Crippen LogP contribution in [-0.2, 0) is 11.2 Å². The standard InChI is InChI=1S/C24H20BrN3O2S/c1-15-20(12-22(29)17-8-10-18(25)11-9-17)16(2)27-24(21(15)13-26)31-14-23(30)28-19-6-4-3-5-7-19/h3-11H,12,14H2,1-2H3,(H,28,30). The van der Waals surface area contributed by atoms with E-state index >= 15 is 0 Å². The molecule has 0 radical (unpaired) electrons. The quantitative estimate of drug-likeness (QED) is 0.347. The zero-order chi connectivity index (χ0) is 22.4. The Balaban J connectivity index is 1.76. The summed E-state index contributed by atoms with van der Waals surface area (Å²) in [4.78, 5) is 29.5. The number of aryl methyl sites for hydroxylation is 1. The average molecular weight is 494 g/mol. The van der Waals surface area contributed by atoms with Crippen molar-refractivity contribution in [2.75, 3.05) is 11.1 Å². The van der Waals surface area contributed by atoms with Crippen molar-refractivity contribution < 1.29 is 9.59 Å².